The van der Waals surface area contributed by atoms with E-state index in [1.165, 1.54) is 0 Å². The fraction of sp³-hybridized carbons (Fsp3) is 0.273. The molecule has 1 aliphatic heterocycles. The average Bonchev–Trinajstić information content (AvgIpc) is 3.00. The molecule has 0 radical (unpaired) electrons. The number of aliphatic hydroxyl groups is 1. The van der Waals surface area contributed by atoms with Gasteiger partial charge in [-0.2, -0.15) is 5.26 Å². The van der Waals surface area contributed by atoms with Crippen LogP contribution in [-0.4, -0.2) is 53.8 Å². The van der Waals surface area contributed by atoms with Crippen LogP contribution >= 0.6 is 11.6 Å². The van der Waals surface area contributed by atoms with Gasteiger partial charge in [-0.05, 0) is 55.7 Å². The van der Waals surface area contributed by atoms with Crippen molar-refractivity contribution < 1.29 is 28.2 Å². The number of esters is 1. The monoisotopic (exact) mass is 618 g/mol. The number of rotatable bonds is 7. The summed E-state index contributed by atoms with van der Waals surface area (Å²) >= 11 is 6.47. The largest absolute Gasteiger partial charge is 0.467 e. The first-order valence-corrected chi connectivity index (χ1v) is 14.3. The maximum atomic E-state index is 15.2. The predicted octanol–water partition coefficient (Wildman–Crippen LogP) is 5.57. The van der Waals surface area contributed by atoms with E-state index in [-0.39, 0.29) is 12.1 Å². The number of amides is 1. The van der Waals surface area contributed by atoms with Crippen molar-refractivity contribution in [3.63, 3.8) is 0 Å². The number of nitrogens with one attached hydrogen (secondary N) is 1. The number of nitrogens with zero attached hydrogens (tertiary/aromatic N) is 3. The molecule has 3 aromatic carbocycles. The minimum Gasteiger partial charge on any atom is -0.467 e. The molecule has 1 fully saturated rings. The van der Waals surface area contributed by atoms with Gasteiger partial charge in [0.2, 0.25) is 0 Å². The van der Waals surface area contributed by atoms with Crippen LogP contribution in [0.25, 0.3) is 22.0 Å². The van der Waals surface area contributed by atoms with Crippen LogP contribution in [0.5, 0.6) is 0 Å². The third-order valence-electron chi connectivity index (χ3n) is 7.92. The summed E-state index contributed by atoms with van der Waals surface area (Å²) in [5.41, 5.74) is 1.55. The van der Waals surface area contributed by atoms with Gasteiger partial charge in [0.25, 0.3) is 5.91 Å². The maximum Gasteiger partial charge on any atom is 0.328 e. The van der Waals surface area contributed by atoms with Gasteiger partial charge < -0.3 is 20.1 Å². The molecule has 0 saturated carbocycles. The Balaban J connectivity index is 1.42. The van der Waals surface area contributed by atoms with Crippen LogP contribution in [0.3, 0.4) is 0 Å². The molecule has 2 heterocycles. The third kappa shape index (κ3) is 6.34. The van der Waals surface area contributed by atoms with Gasteiger partial charge in [0.05, 0.1) is 29.9 Å². The molecular weight excluding hydrogens is 590 g/mol. The van der Waals surface area contributed by atoms with Gasteiger partial charge in [-0.25, -0.2) is 13.6 Å². The normalized spacial score (nSPS) is 15.0. The molecule has 1 aliphatic rings. The molecule has 1 amide bonds. The second-order valence-corrected chi connectivity index (χ2v) is 11.4. The number of pyridine rings is 1. The van der Waals surface area contributed by atoms with Gasteiger partial charge in [-0.15, -0.1) is 0 Å². The molecule has 0 aliphatic carbocycles. The number of halogens is 3. The first-order chi connectivity index (χ1) is 21.0. The second-order valence-electron chi connectivity index (χ2n) is 11.0. The molecule has 4 aromatic rings. The zero-order chi connectivity index (χ0) is 31.6. The Morgan fingerprint density at radius 2 is 1.82 bits per heavy atom. The highest BCUT2D eigenvalue weighted by molar-refractivity contribution is 6.33. The molecule has 0 unspecified atom stereocenters. The minimum absolute atomic E-state index is 0.0585. The van der Waals surface area contributed by atoms with Crippen molar-refractivity contribution in [1.82, 2.24) is 10.3 Å². The Bertz CT molecular complexity index is 1770. The lowest BCUT2D eigenvalue weighted by Crippen LogP contribution is -2.44. The van der Waals surface area contributed by atoms with Crippen LogP contribution < -0.4 is 10.2 Å². The number of piperidine rings is 1. The molecule has 8 nitrogen and oxygen atoms in total. The summed E-state index contributed by atoms with van der Waals surface area (Å²) in [7, 11) is 1.16. The number of carbonyl (C=O) groups is 2. The van der Waals surface area contributed by atoms with Crippen LogP contribution in [0.1, 0.15) is 41.3 Å². The smallest absolute Gasteiger partial charge is 0.328 e. The highest BCUT2D eigenvalue weighted by Crippen LogP contribution is 2.35. The van der Waals surface area contributed by atoms with E-state index in [9.17, 15) is 20.0 Å². The number of carbonyl (C=O) groups excluding carboxylic acids is 2. The number of nitriles is 1. The Morgan fingerprint density at radius 1 is 1.14 bits per heavy atom. The summed E-state index contributed by atoms with van der Waals surface area (Å²) in [5.74, 6) is -4.05. The van der Waals surface area contributed by atoms with Crippen molar-refractivity contribution in [3.05, 3.63) is 94.1 Å². The van der Waals surface area contributed by atoms with Gasteiger partial charge in [0.1, 0.15) is 23.2 Å². The van der Waals surface area contributed by atoms with E-state index in [1.54, 1.807) is 60.5 Å². The van der Waals surface area contributed by atoms with E-state index >= 15 is 8.78 Å². The zero-order valence-electron chi connectivity index (χ0n) is 24.0. The van der Waals surface area contributed by atoms with Crippen LogP contribution in [-0.2, 0) is 16.0 Å². The van der Waals surface area contributed by atoms with Gasteiger partial charge in [0, 0.05) is 52.9 Å². The molecule has 0 spiro atoms. The Kier molecular flexibility index (Phi) is 8.81. The predicted molar refractivity (Wildman–Crippen MR) is 162 cm³/mol. The number of anilines is 1. The molecule has 0 bridgehead atoms. The van der Waals surface area contributed by atoms with E-state index in [0.29, 0.717) is 64.1 Å². The van der Waals surface area contributed by atoms with Crippen LogP contribution in [0, 0.1) is 23.0 Å². The topological polar surface area (TPSA) is 116 Å². The molecule has 1 saturated heterocycles. The Hall–Kier alpha value is -4.59. The van der Waals surface area contributed by atoms with Gasteiger partial charge in [0.15, 0.2) is 0 Å². The van der Waals surface area contributed by atoms with Gasteiger partial charge in [-0.3, -0.25) is 9.78 Å². The number of fused-ring (bicyclic) bond motifs is 1. The third-order valence-corrected chi connectivity index (χ3v) is 8.24. The number of ether oxygens (including phenoxy) is 1. The lowest BCUT2D eigenvalue weighted by molar-refractivity contribution is -0.142. The molecule has 2 N–H and O–H groups in total. The summed E-state index contributed by atoms with van der Waals surface area (Å²) < 4.78 is 35.3. The number of benzene rings is 3. The van der Waals surface area contributed by atoms with Crippen molar-refractivity contribution in [2.45, 2.75) is 37.8 Å². The summed E-state index contributed by atoms with van der Waals surface area (Å²) in [5, 5.41) is 22.9. The quantitative estimate of drug-likeness (QED) is 0.260. The molecule has 226 valence electrons. The Morgan fingerprint density at radius 3 is 2.45 bits per heavy atom. The van der Waals surface area contributed by atoms with E-state index < -0.39 is 40.7 Å². The molecular formula is C33H29ClF2N4O4. The van der Waals surface area contributed by atoms with E-state index in [2.05, 4.69) is 10.3 Å². The standard InChI is InChI=1S/C33H29ClF2N4O4/c1-33(43)9-12-40(13-10-33)21-16-26(35)29(27(36)17-21)31(41)39-28(32(42)44-2)15-20-6-8-24(30-22(20)4-3-11-38-30)23-7-5-19(18-37)14-25(23)34/h3-8,11,14,16-17,28,43H,9-10,12-13,15H2,1-2H3,(H,39,41)/t28-/m0/s1. The van der Waals surface area contributed by atoms with Crippen molar-refractivity contribution in [3.8, 4) is 17.2 Å². The van der Waals surface area contributed by atoms with E-state index in [4.69, 9.17) is 16.3 Å². The lowest BCUT2D eigenvalue weighted by Gasteiger charge is -2.37. The molecule has 1 aromatic heterocycles. The zero-order valence-corrected chi connectivity index (χ0v) is 24.8. The minimum atomic E-state index is -1.27. The molecule has 1 atom stereocenters. The summed E-state index contributed by atoms with van der Waals surface area (Å²) in [6.07, 6.45) is 2.42. The number of hydrogen-bond donors (Lipinski definition) is 2. The summed E-state index contributed by atoms with van der Waals surface area (Å²) in [6.45, 7) is 2.52. The van der Waals surface area contributed by atoms with E-state index in [1.807, 2.05) is 6.07 Å². The molecule has 5 rings (SSSR count). The highest BCUT2D eigenvalue weighted by Gasteiger charge is 2.30. The van der Waals surface area contributed by atoms with Crippen LogP contribution in [0.2, 0.25) is 5.02 Å². The summed E-state index contributed by atoms with van der Waals surface area (Å²) in [4.78, 5) is 32.2. The van der Waals surface area contributed by atoms with Crippen molar-refractivity contribution in [2.24, 2.45) is 0 Å². The van der Waals surface area contributed by atoms with Crippen molar-refractivity contribution >= 4 is 40.1 Å². The first kappa shape index (κ1) is 30.9. The fourth-order valence-electron chi connectivity index (χ4n) is 5.42. The number of aromatic nitrogens is 1. The highest BCUT2D eigenvalue weighted by atomic mass is 35.5. The van der Waals surface area contributed by atoms with Crippen LogP contribution in [0.4, 0.5) is 14.5 Å². The molecule has 11 heteroatoms. The first-order valence-electron chi connectivity index (χ1n) is 13.9. The fourth-order valence-corrected chi connectivity index (χ4v) is 5.70. The van der Waals surface area contributed by atoms with Crippen molar-refractivity contribution in [1.29, 1.82) is 5.26 Å². The van der Waals surface area contributed by atoms with Crippen LogP contribution in [0.15, 0.2) is 60.8 Å². The average molecular weight is 619 g/mol. The SMILES string of the molecule is COC(=O)[C@H](Cc1ccc(-c2ccc(C#N)cc2Cl)c2ncccc12)NC(=O)c1c(F)cc(N2CCC(C)(O)CC2)cc1F. The van der Waals surface area contributed by atoms with Gasteiger partial charge >= 0.3 is 5.97 Å². The number of methoxy groups -OCH3 is 1. The summed E-state index contributed by atoms with van der Waals surface area (Å²) in [6, 6.07) is 14.9. The van der Waals surface area contributed by atoms with E-state index in [0.717, 1.165) is 19.2 Å². The van der Waals surface area contributed by atoms with Crippen molar-refractivity contribution in [2.75, 3.05) is 25.1 Å². The number of hydrogen-bond acceptors (Lipinski definition) is 7. The van der Waals surface area contributed by atoms with Gasteiger partial charge in [-0.1, -0.05) is 35.9 Å². The second kappa shape index (κ2) is 12.6. The maximum absolute atomic E-state index is 15.2. The Labute approximate surface area is 257 Å². The lowest BCUT2D eigenvalue weighted by atomic mass is 9.93. The molecule has 44 heavy (non-hydrogen) atoms.